The first-order chi connectivity index (χ1) is 11.6. The maximum absolute atomic E-state index is 11.5. The third kappa shape index (κ3) is 3.87. The highest BCUT2D eigenvalue weighted by molar-refractivity contribution is 5.74. The molecule has 0 aliphatic heterocycles. The van der Waals surface area contributed by atoms with E-state index in [1.54, 1.807) is 36.3 Å². The van der Waals surface area contributed by atoms with Crippen LogP contribution >= 0.6 is 0 Å². The molecule has 2 aromatic rings. The second-order valence-electron chi connectivity index (χ2n) is 4.81. The van der Waals surface area contributed by atoms with Crippen LogP contribution in [0.1, 0.15) is 6.92 Å². The van der Waals surface area contributed by atoms with Crippen molar-refractivity contribution in [3.63, 3.8) is 0 Å². The quantitative estimate of drug-likeness (QED) is 0.556. The number of nitro groups is 1. The highest BCUT2D eigenvalue weighted by atomic mass is 16.6. The Hall–Kier alpha value is -2.94. The monoisotopic (exact) mass is 333 g/mol. The van der Waals surface area contributed by atoms with Crippen molar-refractivity contribution in [2.75, 3.05) is 37.0 Å². The molecule has 2 rings (SSSR count). The zero-order valence-electron chi connectivity index (χ0n) is 13.5. The van der Waals surface area contributed by atoms with Gasteiger partial charge in [-0.15, -0.1) is 0 Å². The zero-order chi connectivity index (χ0) is 17.5. The molecular weight excluding hydrogens is 314 g/mol. The number of benzene rings is 1. The van der Waals surface area contributed by atoms with E-state index in [2.05, 4.69) is 15.3 Å². The second kappa shape index (κ2) is 8.06. The van der Waals surface area contributed by atoms with Crippen molar-refractivity contribution < 1.29 is 14.8 Å². The van der Waals surface area contributed by atoms with Crippen LogP contribution in [-0.4, -0.2) is 46.8 Å². The van der Waals surface area contributed by atoms with Crippen molar-refractivity contribution in [2.24, 2.45) is 0 Å². The summed E-state index contributed by atoms with van der Waals surface area (Å²) in [7, 11) is 1.56. The summed E-state index contributed by atoms with van der Waals surface area (Å²) in [6, 6.07) is 6.94. The van der Waals surface area contributed by atoms with E-state index >= 15 is 0 Å². The van der Waals surface area contributed by atoms with Crippen molar-refractivity contribution in [2.45, 2.75) is 6.92 Å². The van der Waals surface area contributed by atoms with Gasteiger partial charge in [0.15, 0.2) is 0 Å². The van der Waals surface area contributed by atoms with Gasteiger partial charge < -0.3 is 20.1 Å². The van der Waals surface area contributed by atoms with Gasteiger partial charge in [-0.2, -0.15) is 0 Å². The van der Waals surface area contributed by atoms with Gasteiger partial charge in [0.25, 0.3) is 0 Å². The zero-order valence-corrected chi connectivity index (χ0v) is 13.5. The lowest BCUT2D eigenvalue weighted by atomic mass is 10.3. The van der Waals surface area contributed by atoms with Crippen LogP contribution in [0.3, 0.4) is 0 Å². The SMILES string of the molecule is CCN(CCO)c1ncnc(Nc2ccc(OC)cc2)c1[N+](=O)[O-]. The third-order valence-corrected chi connectivity index (χ3v) is 3.39. The molecule has 0 aliphatic carbocycles. The Morgan fingerprint density at radius 3 is 2.58 bits per heavy atom. The van der Waals surface area contributed by atoms with Gasteiger partial charge in [-0.05, 0) is 31.2 Å². The van der Waals surface area contributed by atoms with Gasteiger partial charge in [0, 0.05) is 18.8 Å². The maximum Gasteiger partial charge on any atom is 0.353 e. The van der Waals surface area contributed by atoms with Crippen molar-refractivity contribution in [3.05, 3.63) is 40.7 Å². The van der Waals surface area contributed by atoms with Crippen LogP contribution in [0, 0.1) is 10.1 Å². The number of ether oxygens (including phenoxy) is 1. The fourth-order valence-electron chi connectivity index (χ4n) is 2.21. The van der Waals surface area contributed by atoms with Crippen molar-refractivity contribution in [1.29, 1.82) is 0 Å². The summed E-state index contributed by atoms with van der Waals surface area (Å²) in [4.78, 5) is 20.6. The van der Waals surface area contributed by atoms with Crippen LogP contribution in [-0.2, 0) is 0 Å². The van der Waals surface area contributed by atoms with Gasteiger partial charge in [-0.3, -0.25) is 10.1 Å². The van der Waals surface area contributed by atoms with Crippen LogP contribution in [0.4, 0.5) is 23.0 Å². The molecule has 0 bridgehead atoms. The first-order valence-electron chi connectivity index (χ1n) is 7.37. The molecule has 2 N–H and O–H groups in total. The van der Waals surface area contributed by atoms with Gasteiger partial charge >= 0.3 is 5.69 Å². The van der Waals surface area contributed by atoms with E-state index in [9.17, 15) is 10.1 Å². The molecule has 0 amide bonds. The van der Waals surface area contributed by atoms with Crippen molar-refractivity contribution in [3.8, 4) is 5.75 Å². The van der Waals surface area contributed by atoms with Crippen LogP contribution in [0.5, 0.6) is 5.75 Å². The lowest BCUT2D eigenvalue weighted by Gasteiger charge is -2.20. The number of likely N-dealkylation sites (N-methyl/N-ethyl adjacent to an activating group) is 1. The fourth-order valence-corrected chi connectivity index (χ4v) is 2.21. The average Bonchev–Trinajstić information content (AvgIpc) is 2.60. The van der Waals surface area contributed by atoms with E-state index in [0.29, 0.717) is 18.0 Å². The van der Waals surface area contributed by atoms with Gasteiger partial charge in [0.05, 0.1) is 18.6 Å². The molecule has 0 saturated carbocycles. The summed E-state index contributed by atoms with van der Waals surface area (Å²) in [5, 5.41) is 23.6. The number of hydrogen-bond acceptors (Lipinski definition) is 8. The molecule has 0 aliphatic rings. The van der Waals surface area contributed by atoms with E-state index in [-0.39, 0.29) is 30.5 Å². The topological polar surface area (TPSA) is 114 Å². The molecule has 9 nitrogen and oxygen atoms in total. The lowest BCUT2D eigenvalue weighted by Crippen LogP contribution is -2.28. The first-order valence-corrected chi connectivity index (χ1v) is 7.37. The summed E-state index contributed by atoms with van der Waals surface area (Å²) >= 11 is 0. The molecule has 24 heavy (non-hydrogen) atoms. The summed E-state index contributed by atoms with van der Waals surface area (Å²) < 4.78 is 5.08. The molecule has 1 aromatic carbocycles. The lowest BCUT2D eigenvalue weighted by molar-refractivity contribution is -0.383. The minimum absolute atomic E-state index is 0.0894. The van der Waals surface area contributed by atoms with Crippen LogP contribution in [0.15, 0.2) is 30.6 Å². The largest absolute Gasteiger partial charge is 0.497 e. The van der Waals surface area contributed by atoms with E-state index in [0.717, 1.165) is 0 Å². The molecular formula is C15H19N5O4. The Bertz CT molecular complexity index is 693. The van der Waals surface area contributed by atoms with Gasteiger partial charge in [-0.25, -0.2) is 9.97 Å². The predicted molar refractivity (Wildman–Crippen MR) is 89.9 cm³/mol. The maximum atomic E-state index is 11.5. The average molecular weight is 333 g/mol. The molecule has 0 radical (unpaired) electrons. The second-order valence-corrected chi connectivity index (χ2v) is 4.81. The smallest absolute Gasteiger partial charge is 0.353 e. The van der Waals surface area contributed by atoms with E-state index in [1.165, 1.54) is 6.33 Å². The molecule has 1 heterocycles. The third-order valence-electron chi connectivity index (χ3n) is 3.39. The van der Waals surface area contributed by atoms with Crippen LogP contribution < -0.4 is 15.0 Å². The standard InChI is InChI=1S/C15H19N5O4/c1-3-19(8-9-21)15-13(20(22)23)14(16-10-17-15)18-11-4-6-12(24-2)7-5-11/h4-7,10,21H,3,8-9H2,1-2H3,(H,16,17,18). The van der Waals surface area contributed by atoms with Gasteiger partial charge in [-0.1, -0.05) is 0 Å². The van der Waals surface area contributed by atoms with Crippen molar-refractivity contribution in [1.82, 2.24) is 9.97 Å². The number of aliphatic hydroxyl groups is 1. The molecule has 0 fully saturated rings. The Morgan fingerprint density at radius 2 is 2.04 bits per heavy atom. The number of nitrogens with one attached hydrogen (secondary N) is 1. The summed E-state index contributed by atoms with van der Waals surface area (Å²) in [5.41, 5.74) is 0.400. The Kier molecular flexibility index (Phi) is 5.85. The molecule has 128 valence electrons. The molecule has 9 heteroatoms. The van der Waals surface area contributed by atoms with Gasteiger partial charge in [0.2, 0.25) is 11.6 Å². The minimum Gasteiger partial charge on any atom is -0.497 e. The van der Waals surface area contributed by atoms with Crippen LogP contribution in [0.25, 0.3) is 0 Å². The summed E-state index contributed by atoms with van der Waals surface area (Å²) in [6.07, 6.45) is 1.26. The van der Waals surface area contributed by atoms with Crippen LogP contribution in [0.2, 0.25) is 0 Å². The summed E-state index contributed by atoms with van der Waals surface area (Å²) in [5.74, 6) is 0.938. The van der Waals surface area contributed by atoms with E-state index < -0.39 is 4.92 Å². The highest BCUT2D eigenvalue weighted by Crippen LogP contribution is 2.33. The molecule has 0 atom stereocenters. The number of anilines is 3. The fraction of sp³-hybridized carbons (Fsp3) is 0.333. The molecule has 0 unspecified atom stereocenters. The Balaban J connectivity index is 2.39. The Labute approximate surface area is 139 Å². The number of methoxy groups -OCH3 is 1. The minimum atomic E-state index is -0.527. The predicted octanol–water partition coefficient (Wildman–Crippen LogP) is 1.96. The number of nitrogens with zero attached hydrogens (tertiary/aromatic N) is 4. The normalized spacial score (nSPS) is 10.3. The number of rotatable bonds is 8. The van der Waals surface area contributed by atoms with Crippen molar-refractivity contribution >= 4 is 23.0 Å². The number of aliphatic hydroxyl groups excluding tert-OH is 1. The molecule has 0 spiro atoms. The number of aromatic nitrogens is 2. The van der Waals surface area contributed by atoms with E-state index in [4.69, 9.17) is 9.84 Å². The van der Waals surface area contributed by atoms with Gasteiger partial charge in [0.1, 0.15) is 12.1 Å². The first kappa shape index (κ1) is 17.4. The molecule has 0 saturated heterocycles. The molecule has 1 aromatic heterocycles. The number of hydrogen-bond donors (Lipinski definition) is 2. The Morgan fingerprint density at radius 1 is 1.33 bits per heavy atom. The van der Waals surface area contributed by atoms with E-state index in [1.807, 2.05) is 6.92 Å². The summed E-state index contributed by atoms with van der Waals surface area (Å²) in [6.45, 7) is 2.42. The highest BCUT2D eigenvalue weighted by Gasteiger charge is 2.26.